The second kappa shape index (κ2) is 20.0. The molecule has 2 saturated carbocycles. The summed E-state index contributed by atoms with van der Waals surface area (Å²) < 4.78 is 0. The minimum Gasteiger partial charge on any atom is -0.545 e. The number of unbranched alkanes of at least 4 members (excludes halogenated alkanes) is 2. The largest absolute Gasteiger partial charge is 0.545 e. The number of piperidine rings is 2. The number of carboxylic acids is 1. The van der Waals surface area contributed by atoms with Gasteiger partial charge >= 0.3 is 0 Å². The van der Waals surface area contributed by atoms with Gasteiger partial charge in [-0.1, -0.05) is 76.8 Å². The molecule has 2 saturated heterocycles. The van der Waals surface area contributed by atoms with Gasteiger partial charge in [0, 0.05) is 63.6 Å². The van der Waals surface area contributed by atoms with Crippen LogP contribution >= 0.6 is 11.6 Å². The van der Waals surface area contributed by atoms with Crippen LogP contribution in [-0.2, 0) is 9.68 Å². The normalized spacial score (nSPS) is 22.9. The number of hydrogen-bond acceptors (Lipinski definition) is 12. The van der Waals surface area contributed by atoms with E-state index < -0.39 is 5.97 Å². The minimum absolute atomic E-state index is 0.0892. The zero-order valence-corrected chi connectivity index (χ0v) is 40.1. The summed E-state index contributed by atoms with van der Waals surface area (Å²) >= 11 is 6.29. The Hall–Kier alpha value is -2.77. The van der Waals surface area contributed by atoms with Gasteiger partial charge in [0.15, 0.2) is 0 Å². The van der Waals surface area contributed by atoms with Crippen LogP contribution in [0.15, 0.2) is 18.2 Å². The Morgan fingerprint density at radius 3 is 1.49 bits per heavy atom. The highest BCUT2D eigenvalue weighted by Crippen LogP contribution is 2.45. The quantitative estimate of drug-likeness (QED) is 0.163. The highest BCUT2D eigenvalue weighted by atomic mass is 35.5. The molecule has 0 amide bonds. The van der Waals surface area contributed by atoms with E-state index in [0.717, 1.165) is 90.1 Å². The molecule has 0 radical (unpaired) electrons. The summed E-state index contributed by atoms with van der Waals surface area (Å²) in [7, 11) is 0. The molecular formula is C48H78ClN8O4-. The van der Waals surface area contributed by atoms with Crippen LogP contribution < -0.4 is 20.2 Å². The Balaban J connectivity index is 1.40. The lowest BCUT2D eigenvalue weighted by molar-refractivity contribution is -0.310. The average molecular weight is 867 g/mol. The number of carboxylic acid groups (broad SMARTS) is 1. The number of hydrogen-bond donors (Lipinski definition) is 1. The van der Waals surface area contributed by atoms with Gasteiger partial charge in [0.1, 0.15) is 0 Å². The van der Waals surface area contributed by atoms with Crippen LogP contribution in [0, 0.1) is 0 Å². The van der Waals surface area contributed by atoms with Gasteiger partial charge in [0.25, 0.3) is 0 Å². The molecule has 1 aromatic carbocycles. The first-order chi connectivity index (χ1) is 28.8. The minimum atomic E-state index is -1.34. The first-order valence-corrected chi connectivity index (χ1v) is 24.2. The zero-order chi connectivity index (χ0) is 44.2. The summed E-state index contributed by atoms with van der Waals surface area (Å²) in [6.07, 6.45) is 20.0. The lowest BCUT2D eigenvalue weighted by Crippen LogP contribution is -2.65. The maximum atomic E-state index is 12.0. The molecule has 61 heavy (non-hydrogen) atoms. The van der Waals surface area contributed by atoms with Gasteiger partial charge in [-0.2, -0.15) is 25.1 Å². The third-order valence-corrected chi connectivity index (χ3v) is 14.0. The summed E-state index contributed by atoms with van der Waals surface area (Å²) in [5.41, 5.74) is -0.546. The van der Waals surface area contributed by atoms with Crippen molar-refractivity contribution < 1.29 is 19.6 Å². The van der Waals surface area contributed by atoms with Crippen molar-refractivity contribution in [1.82, 2.24) is 25.1 Å². The maximum Gasteiger partial charge on any atom is 0.233 e. The Morgan fingerprint density at radius 2 is 1.11 bits per heavy atom. The van der Waals surface area contributed by atoms with Crippen LogP contribution in [0.5, 0.6) is 0 Å². The average Bonchev–Trinajstić information content (AvgIpc) is 3.19. The van der Waals surface area contributed by atoms with E-state index in [2.05, 4.69) is 94.5 Å². The number of aromatic carboxylic acids is 1. The van der Waals surface area contributed by atoms with Gasteiger partial charge in [0.05, 0.1) is 18.2 Å². The number of aromatic nitrogens is 3. The molecule has 342 valence electrons. The molecule has 12 nitrogen and oxygen atoms in total. The highest BCUT2D eigenvalue weighted by molar-refractivity contribution is 6.33. The van der Waals surface area contributed by atoms with E-state index >= 15 is 0 Å². The summed E-state index contributed by atoms with van der Waals surface area (Å²) in [6, 6.07) is 5.08. The van der Waals surface area contributed by atoms with Gasteiger partial charge in [-0.05, 0) is 138 Å². The highest BCUT2D eigenvalue weighted by Gasteiger charge is 2.51. The predicted molar refractivity (Wildman–Crippen MR) is 245 cm³/mol. The van der Waals surface area contributed by atoms with Crippen molar-refractivity contribution in [3.05, 3.63) is 28.8 Å². The van der Waals surface area contributed by atoms with Crippen LogP contribution in [0.25, 0.3) is 0 Å². The van der Waals surface area contributed by atoms with Crippen molar-refractivity contribution in [3.8, 4) is 0 Å². The molecular weight excluding hydrogens is 788 g/mol. The number of carbonyl (C=O) groups is 1. The number of benzene rings is 1. The number of nitrogens with zero attached hydrogens (tertiary/aromatic N) is 7. The monoisotopic (exact) mass is 866 g/mol. The number of nitrogens with one attached hydrogen (secondary N) is 1. The van der Waals surface area contributed by atoms with Crippen LogP contribution in [-0.4, -0.2) is 90.6 Å². The maximum absolute atomic E-state index is 12.0. The van der Waals surface area contributed by atoms with Crippen molar-refractivity contribution in [3.63, 3.8) is 0 Å². The topological polar surface area (TPSA) is 122 Å². The van der Waals surface area contributed by atoms with E-state index in [4.69, 9.17) is 36.2 Å². The van der Waals surface area contributed by atoms with Crippen molar-refractivity contribution in [1.29, 1.82) is 0 Å². The van der Waals surface area contributed by atoms with Crippen molar-refractivity contribution in [2.24, 2.45) is 0 Å². The Kier molecular flexibility index (Phi) is 15.6. The molecule has 6 rings (SSSR count). The van der Waals surface area contributed by atoms with E-state index in [9.17, 15) is 9.90 Å². The molecule has 3 heterocycles. The number of hydroxylamine groups is 4. The third kappa shape index (κ3) is 11.7. The van der Waals surface area contributed by atoms with Crippen molar-refractivity contribution >= 4 is 41.1 Å². The molecule has 2 aliphatic heterocycles. The first-order valence-electron chi connectivity index (χ1n) is 23.8. The molecule has 0 bridgehead atoms. The Bertz CT molecular complexity index is 1630. The van der Waals surface area contributed by atoms with Gasteiger partial charge < -0.3 is 25.0 Å². The van der Waals surface area contributed by atoms with Gasteiger partial charge in [0.2, 0.25) is 17.8 Å². The van der Waals surface area contributed by atoms with Gasteiger partial charge in [-0.25, -0.2) is 0 Å². The number of halogens is 1. The molecule has 4 aliphatic rings. The molecule has 1 N–H and O–H groups in total. The number of anilines is 4. The summed E-state index contributed by atoms with van der Waals surface area (Å²) in [6.45, 7) is 24.6. The molecule has 4 fully saturated rings. The van der Waals surface area contributed by atoms with Crippen LogP contribution in [0.4, 0.5) is 23.5 Å². The summed E-state index contributed by atoms with van der Waals surface area (Å²) in [5, 5.41) is 20.2. The van der Waals surface area contributed by atoms with Crippen LogP contribution in [0.1, 0.15) is 195 Å². The second-order valence-electron chi connectivity index (χ2n) is 21.2. The van der Waals surface area contributed by atoms with E-state index in [1.54, 1.807) is 12.1 Å². The first kappa shape index (κ1) is 47.7. The fraction of sp³-hybridized carbons (Fsp3) is 0.792. The molecule has 2 aliphatic carbocycles. The fourth-order valence-corrected chi connectivity index (χ4v) is 11.4. The van der Waals surface area contributed by atoms with E-state index in [1.165, 1.54) is 44.6 Å². The van der Waals surface area contributed by atoms with E-state index in [0.29, 0.717) is 23.5 Å². The second-order valence-corrected chi connectivity index (χ2v) is 21.6. The van der Waals surface area contributed by atoms with Gasteiger partial charge in [-0.3, -0.25) is 9.68 Å². The third-order valence-electron chi connectivity index (χ3n) is 13.7. The lowest BCUT2D eigenvalue weighted by Gasteiger charge is -2.57. The van der Waals surface area contributed by atoms with Crippen molar-refractivity contribution in [2.45, 2.75) is 231 Å². The predicted octanol–water partition coefficient (Wildman–Crippen LogP) is 10.4. The zero-order valence-electron chi connectivity index (χ0n) is 39.3. The van der Waals surface area contributed by atoms with E-state index in [1.807, 2.05) is 0 Å². The molecule has 0 atom stereocenters. The number of carbonyl (C=O) groups excluding carboxylic acids is 1. The van der Waals surface area contributed by atoms with Gasteiger partial charge in [-0.15, -0.1) is 0 Å². The summed E-state index contributed by atoms with van der Waals surface area (Å²) in [5.74, 6) is 0.288. The molecule has 13 heteroatoms. The number of rotatable bonds is 17. The molecule has 2 aromatic rings. The lowest BCUT2D eigenvalue weighted by atomic mass is 9.78. The molecule has 0 spiro atoms. The summed E-state index contributed by atoms with van der Waals surface area (Å²) in [4.78, 5) is 46.6. The smallest absolute Gasteiger partial charge is 0.233 e. The van der Waals surface area contributed by atoms with Crippen molar-refractivity contribution in [2.75, 3.05) is 28.2 Å². The molecule has 1 aromatic heterocycles. The Morgan fingerprint density at radius 1 is 0.705 bits per heavy atom. The Labute approximate surface area is 372 Å². The molecule has 0 unspecified atom stereocenters. The van der Waals surface area contributed by atoms with Crippen LogP contribution in [0.2, 0.25) is 5.02 Å². The van der Waals surface area contributed by atoms with E-state index in [-0.39, 0.29) is 57.0 Å². The SMILES string of the molecule is CCCCN(c1nc(Nc2ccc(Cl)c(C(=O)[O-])c2)nc(N(CCCC)C2CC(C)(C)N(OC3CCCCC3)C(C)(C)C2)n1)C1CC(C)(C)N(OC2CCCCC2)C(C)(C)C1. The fourth-order valence-electron chi connectivity index (χ4n) is 11.2. The van der Waals surface area contributed by atoms with Crippen LogP contribution in [0.3, 0.4) is 0 Å². The standard InChI is InChI=1S/C48H79ClN8O4/c1-11-13-27-54(35-30-45(3,4)56(46(5,6)31-35)60-37-21-17-15-18-22-37)43-51-42(50-34-25-26-40(49)39(29-34)41(58)59)52-44(53-43)55(28-14-12-2)36-32-47(7,8)57(48(9,10)33-36)61-38-23-19-16-20-24-38/h25-26,29,35-38H,11-24,27-28,30-33H2,1-10H3,(H,58,59)(H,50,51,52,53)/p-1.